The molecule has 0 unspecified atom stereocenters. The molecule has 1 heterocycles. The van der Waals surface area contributed by atoms with Crippen molar-refractivity contribution in [1.82, 2.24) is 4.98 Å². The van der Waals surface area contributed by atoms with Crippen LogP contribution in [0, 0.1) is 5.82 Å². The summed E-state index contributed by atoms with van der Waals surface area (Å²) in [5, 5.41) is 0. The molecule has 0 N–H and O–H groups in total. The largest absolute Gasteiger partial charge is 0.438 e. The van der Waals surface area contributed by atoms with E-state index in [1.165, 1.54) is 18.2 Å². The number of aromatic nitrogens is 1. The first kappa shape index (κ1) is 13.8. The number of nitrogens with zero attached hydrogens (tertiary/aromatic N) is 1. The standard InChI is InChI=1S/C12H6BrF4NO/c13-8-6-7(14)4-5-9(8)19-11-3-1-2-10(18-11)12(15,16)17/h1-6H. The molecule has 0 bridgehead atoms. The second kappa shape index (κ2) is 5.16. The van der Waals surface area contributed by atoms with Crippen molar-refractivity contribution in [2.45, 2.75) is 6.18 Å². The van der Waals surface area contributed by atoms with E-state index < -0.39 is 17.7 Å². The number of ether oxygens (including phenoxy) is 1. The second-order valence-corrected chi connectivity index (χ2v) is 4.39. The van der Waals surface area contributed by atoms with Gasteiger partial charge in [0.15, 0.2) is 0 Å². The molecule has 0 amide bonds. The van der Waals surface area contributed by atoms with E-state index in [9.17, 15) is 17.6 Å². The topological polar surface area (TPSA) is 22.1 Å². The summed E-state index contributed by atoms with van der Waals surface area (Å²) >= 11 is 3.05. The molecule has 0 fully saturated rings. The molecule has 2 rings (SSSR count). The fraction of sp³-hybridized carbons (Fsp3) is 0.0833. The van der Waals surface area contributed by atoms with E-state index in [1.54, 1.807) is 0 Å². The Bertz CT molecular complexity index is 601. The first-order valence-corrected chi connectivity index (χ1v) is 5.83. The van der Waals surface area contributed by atoms with E-state index in [4.69, 9.17) is 4.74 Å². The number of alkyl halides is 3. The molecular weight excluding hydrogens is 330 g/mol. The van der Waals surface area contributed by atoms with Gasteiger partial charge in [0, 0.05) is 6.07 Å². The van der Waals surface area contributed by atoms with Crippen molar-refractivity contribution in [3.63, 3.8) is 0 Å². The Morgan fingerprint density at radius 1 is 1.11 bits per heavy atom. The van der Waals surface area contributed by atoms with Crippen molar-refractivity contribution in [3.8, 4) is 11.6 Å². The fourth-order valence-corrected chi connectivity index (χ4v) is 1.73. The van der Waals surface area contributed by atoms with Crippen LogP contribution in [-0.2, 0) is 6.18 Å². The molecule has 0 aliphatic heterocycles. The molecule has 7 heteroatoms. The monoisotopic (exact) mass is 335 g/mol. The number of benzene rings is 1. The average Bonchev–Trinajstić information content (AvgIpc) is 2.32. The van der Waals surface area contributed by atoms with Crippen LogP contribution in [0.25, 0.3) is 0 Å². The highest BCUT2D eigenvalue weighted by atomic mass is 79.9. The maximum Gasteiger partial charge on any atom is 0.433 e. The summed E-state index contributed by atoms with van der Waals surface area (Å²) in [5.74, 6) is -0.536. The minimum absolute atomic E-state index is 0.174. The van der Waals surface area contributed by atoms with Gasteiger partial charge in [0.1, 0.15) is 17.3 Å². The highest BCUT2D eigenvalue weighted by molar-refractivity contribution is 9.10. The Morgan fingerprint density at radius 2 is 1.84 bits per heavy atom. The lowest BCUT2D eigenvalue weighted by atomic mass is 10.3. The molecule has 0 saturated carbocycles. The maximum absolute atomic E-state index is 12.9. The minimum Gasteiger partial charge on any atom is -0.438 e. The molecule has 2 nitrogen and oxygen atoms in total. The van der Waals surface area contributed by atoms with Crippen molar-refractivity contribution in [2.24, 2.45) is 0 Å². The van der Waals surface area contributed by atoms with E-state index in [-0.39, 0.29) is 16.1 Å². The van der Waals surface area contributed by atoms with Crippen molar-refractivity contribution in [3.05, 3.63) is 52.4 Å². The lowest BCUT2D eigenvalue weighted by Gasteiger charge is -2.09. The molecule has 0 aliphatic carbocycles. The van der Waals surface area contributed by atoms with E-state index in [0.29, 0.717) is 0 Å². The van der Waals surface area contributed by atoms with E-state index in [2.05, 4.69) is 20.9 Å². The summed E-state index contributed by atoms with van der Waals surface area (Å²) < 4.78 is 55.7. The molecular formula is C12H6BrF4NO. The summed E-state index contributed by atoms with van der Waals surface area (Å²) in [6.07, 6.45) is -4.54. The van der Waals surface area contributed by atoms with Crippen LogP contribution in [0.15, 0.2) is 40.9 Å². The lowest BCUT2D eigenvalue weighted by molar-refractivity contribution is -0.141. The first-order chi connectivity index (χ1) is 8.86. The van der Waals surface area contributed by atoms with Crippen LogP contribution in [0.3, 0.4) is 0 Å². The Hall–Kier alpha value is -1.63. The third kappa shape index (κ3) is 3.44. The molecule has 0 saturated heterocycles. The van der Waals surface area contributed by atoms with Gasteiger partial charge in [-0.1, -0.05) is 6.07 Å². The highest BCUT2D eigenvalue weighted by Gasteiger charge is 2.32. The lowest BCUT2D eigenvalue weighted by Crippen LogP contribution is -2.07. The molecule has 1 aromatic carbocycles. The van der Waals surface area contributed by atoms with Gasteiger partial charge in [0.25, 0.3) is 0 Å². The van der Waals surface area contributed by atoms with Gasteiger partial charge in [-0.15, -0.1) is 0 Å². The Morgan fingerprint density at radius 3 is 2.47 bits per heavy atom. The van der Waals surface area contributed by atoms with Gasteiger partial charge in [0.05, 0.1) is 4.47 Å². The van der Waals surface area contributed by atoms with Crippen LogP contribution in [-0.4, -0.2) is 4.98 Å². The van der Waals surface area contributed by atoms with Gasteiger partial charge in [-0.3, -0.25) is 0 Å². The Kier molecular flexibility index (Phi) is 3.75. The molecule has 19 heavy (non-hydrogen) atoms. The zero-order chi connectivity index (χ0) is 14.0. The number of hydrogen-bond acceptors (Lipinski definition) is 2. The van der Waals surface area contributed by atoms with E-state index in [1.807, 2.05) is 0 Å². The van der Waals surface area contributed by atoms with Gasteiger partial charge in [0.2, 0.25) is 5.88 Å². The zero-order valence-electron chi connectivity index (χ0n) is 9.21. The highest BCUT2D eigenvalue weighted by Crippen LogP contribution is 2.32. The van der Waals surface area contributed by atoms with Gasteiger partial charge in [-0.25, -0.2) is 9.37 Å². The molecule has 100 valence electrons. The second-order valence-electron chi connectivity index (χ2n) is 3.54. The Labute approximate surface area is 114 Å². The van der Waals surface area contributed by atoms with Crippen molar-refractivity contribution < 1.29 is 22.3 Å². The third-order valence-electron chi connectivity index (χ3n) is 2.12. The summed E-state index contributed by atoms with van der Waals surface area (Å²) in [6, 6.07) is 6.87. The molecule has 0 aliphatic rings. The average molecular weight is 336 g/mol. The summed E-state index contributed by atoms with van der Waals surface area (Å²) in [7, 11) is 0. The smallest absolute Gasteiger partial charge is 0.433 e. The first-order valence-electron chi connectivity index (χ1n) is 5.03. The minimum atomic E-state index is -4.54. The van der Waals surface area contributed by atoms with Gasteiger partial charge < -0.3 is 4.74 Å². The van der Waals surface area contributed by atoms with Crippen molar-refractivity contribution in [2.75, 3.05) is 0 Å². The number of pyridine rings is 1. The zero-order valence-corrected chi connectivity index (χ0v) is 10.8. The van der Waals surface area contributed by atoms with Crippen molar-refractivity contribution in [1.29, 1.82) is 0 Å². The van der Waals surface area contributed by atoms with Gasteiger partial charge >= 0.3 is 6.18 Å². The molecule has 0 atom stereocenters. The van der Waals surface area contributed by atoms with Crippen molar-refractivity contribution >= 4 is 15.9 Å². The number of rotatable bonds is 2. The van der Waals surface area contributed by atoms with Crippen LogP contribution in [0.4, 0.5) is 17.6 Å². The Balaban J connectivity index is 2.29. The fourth-order valence-electron chi connectivity index (χ4n) is 1.30. The third-order valence-corrected chi connectivity index (χ3v) is 2.74. The SMILES string of the molecule is Fc1ccc(Oc2cccc(C(F)(F)F)n2)c(Br)c1. The summed E-state index contributed by atoms with van der Waals surface area (Å²) in [6.45, 7) is 0. The van der Waals surface area contributed by atoms with Crippen LogP contribution < -0.4 is 4.74 Å². The van der Waals surface area contributed by atoms with Crippen LogP contribution >= 0.6 is 15.9 Å². The molecule has 0 spiro atoms. The molecule has 0 radical (unpaired) electrons. The van der Waals surface area contributed by atoms with Gasteiger partial charge in [-0.2, -0.15) is 13.2 Å². The number of hydrogen-bond donors (Lipinski definition) is 0. The van der Waals surface area contributed by atoms with Crippen LogP contribution in [0.2, 0.25) is 0 Å². The van der Waals surface area contributed by atoms with E-state index in [0.717, 1.165) is 18.2 Å². The maximum atomic E-state index is 12.9. The summed E-state index contributed by atoms with van der Waals surface area (Å²) in [5.41, 5.74) is -1.05. The van der Waals surface area contributed by atoms with Crippen LogP contribution in [0.5, 0.6) is 11.6 Å². The molecule has 1 aromatic heterocycles. The van der Waals surface area contributed by atoms with Gasteiger partial charge in [-0.05, 0) is 40.2 Å². The summed E-state index contributed by atoms with van der Waals surface area (Å²) in [4.78, 5) is 3.34. The predicted molar refractivity (Wildman–Crippen MR) is 63.4 cm³/mol. The molecule has 2 aromatic rings. The quantitative estimate of drug-likeness (QED) is 0.736. The number of halogens is 5. The van der Waals surface area contributed by atoms with Crippen LogP contribution in [0.1, 0.15) is 5.69 Å². The normalized spacial score (nSPS) is 11.4. The van der Waals surface area contributed by atoms with E-state index >= 15 is 0 Å². The predicted octanol–water partition coefficient (Wildman–Crippen LogP) is 4.79.